The van der Waals surface area contributed by atoms with Crippen LogP contribution in [0.15, 0.2) is 36.9 Å². The van der Waals surface area contributed by atoms with Crippen molar-refractivity contribution in [3.8, 4) is 6.07 Å². The molecule has 1 aliphatic heterocycles. The molecule has 0 unspecified atom stereocenters. The van der Waals surface area contributed by atoms with E-state index in [1.165, 1.54) is 0 Å². The van der Waals surface area contributed by atoms with E-state index in [1.807, 2.05) is 24.3 Å². The zero-order chi connectivity index (χ0) is 12.1. The van der Waals surface area contributed by atoms with E-state index in [0.717, 1.165) is 31.7 Å². The molecule has 0 aliphatic carbocycles. The minimum atomic E-state index is 0. The normalized spacial score (nSPS) is 16.4. The van der Waals surface area contributed by atoms with Gasteiger partial charge in [-0.1, -0.05) is 18.2 Å². The third-order valence-corrected chi connectivity index (χ3v) is 3.13. The number of rotatable bonds is 3. The lowest BCUT2D eigenvalue weighted by molar-refractivity contribution is 0.203. The molecule has 0 radical (unpaired) electrons. The molecule has 1 N–H and O–H groups in total. The number of halogens is 2. The van der Waals surface area contributed by atoms with Gasteiger partial charge in [-0.05, 0) is 17.7 Å². The van der Waals surface area contributed by atoms with E-state index in [9.17, 15) is 0 Å². The van der Waals surface area contributed by atoms with Crippen LogP contribution in [0.4, 0.5) is 0 Å². The van der Waals surface area contributed by atoms with Gasteiger partial charge in [0.2, 0.25) is 0 Å². The summed E-state index contributed by atoms with van der Waals surface area (Å²) >= 11 is 0. The maximum Gasteiger partial charge on any atom is 0.0991 e. The zero-order valence-electron chi connectivity index (χ0n) is 10.7. The maximum absolute atomic E-state index is 8.93. The molecule has 1 aromatic carbocycles. The molecule has 1 atom stereocenters. The van der Waals surface area contributed by atoms with Gasteiger partial charge < -0.3 is 5.32 Å². The lowest BCUT2D eigenvalue weighted by Crippen LogP contribution is -2.44. The van der Waals surface area contributed by atoms with Crippen LogP contribution in [0.25, 0.3) is 0 Å². The number of nitrogens with zero attached hydrogens (tertiary/aromatic N) is 2. The van der Waals surface area contributed by atoms with E-state index in [2.05, 4.69) is 28.9 Å². The van der Waals surface area contributed by atoms with Gasteiger partial charge in [0, 0.05) is 26.2 Å². The molecule has 0 spiro atoms. The highest BCUT2D eigenvalue weighted by atomic mass is 35.5. The molecule has 0 aromatic heterocycles. The maximum atomic E-state index is 8.93. The summed E-state index contributed by atoms with van der Waals surface area (Å²) in [6, 6.07) is 10.2. The van der Waals surface area contributed by atoms with E-state index in [4.69, 9.17) is 5.26 Å². The van der Waals surface area contributed by atoms with Crippen molar-refractivity contribution < 1.29 is 0 Å². The number of benzene rings is 1. The third-order valence-electron chi connectivity index (χ3n) is 3.13. The van der Waals surface area contributed by atoms with Crippen LogP contribution in [0.3, 0.4) is 0 Å². The van der Waals surface area contributed by atoms with Crippen LogP contribution < -0.4 is 5.32 Å². The summed E-state index contributed by atoms with van der Waals surface area (Å²) in [4.78, 5) is 2.39. The van der Waals surface area contributed by atoms with Crippen LogP contribution in [0.5, 0.6) is 0 Å². The average Bonchev–Trinajstić information content (AvgIpc) is 2.41. The van der Waals surface area contributed by atoms with Gasteiger partial charge in [0.15, 0.2) is 0 Å². The first-order valence-electron chi connectivity index (χ1n) is 5.92. The topological polar surface area (TPSA) is 39.1 Å². The van der Waals surface area contributed by atoms with Crippen LogP contribution in [0, 0.1) is 11.3 Å². The van der Waals surface area contributed by atoms with Gasteiger partial charge >= 0.3 is 0 Å². The van der Waals surface area contributed by atoms with Crippen molar-refractivity contribution in [1.82, 2.24) is 10.2 Å². The van der Waals surface area contributed by atoms with Gasteiger partial charge in [-0.3, -0.25) is 4.90 Å². The number of piperazine rings is 1. The second-order valence-corrected chi connectivity index (χ2v) is 4.20. The highest BCUT2D eigenvalue weighted by molar-refractivity contribution is 5.85. The predicted molar refractivity (Wildman–Crippen MR) is 83.0 cm³/mol. The number of hydrogen-bond acceptors (Lipinski definition) is 3. The minimum absolute atomic E-state index is 0. The van der Waals surface area contributed by atoms with Crippen LogP contribution in [-0.2, 0) is 0 Å². The summed E-state index contributed by atoms with van der Waals surface area (Å²) in [5.41, 5.74) is 1.87. The average molecular weight is 300 g/mol. The quantitative estimate of drug-likeness (QED) is 0.872. The van der Waals surface area contributed by atoms with E-state index < -0.39 is 0 Å². The van der Waals surface area contributed by atoms with Gasteiger partial charge in [0.05, 0.1) is 17.7 Å². The summed E-state index contributed by atoms with van der Waals surface area (Å²) < 4.78 is 0. The summed E-state index contributed by atoms with van der Waals surface area (Å²) in [6.45, 7) is 8.00. The first kappa shape index (κ1) is 17.9. The Balaban J connectivity index is 0.00000162. The lowest BCUT2D eigenvalue weighted by Gasteiger charge is -2.33. The highest BCUT2D eigenvalue weighted by Crippen LogP contribution is 2.22. The molecule has 0 saturated carbocycles. The molecule has 104 valence electrons. The summed E-state index contributed by atoms with van der Waals surface area (Å²) in [7, 11) is 0. The van der Waals surface area contributed by atoms with Crippen LogP contribution in [-0.4, -0.2) is 31.1 Å². The molecule has 19 heavy (non-hydrogen) atoms. The third kappa shape index (κ3) is 4.52. The molecule has 1 aromatic rings. The van der Waals surface area contributed by atoms with Gasteiger partial charge in [-0.2, -0.15) is 5.26 Å². The van der Waals surface area contributed by atoms with Crippen molar-refractivity contribution in [1.29, 1.82) is 5.26 Å². The molecule has 1 aliphatic rings. The predicted octanol–water partition coefficient (Wildman–Crippen LogP) is 2.53. The fraction of sp³-hybridized carbons (Fsp3) is 0.357. The van der Waals surface area contributed by atoms with Crippen molar-refractivity contribution in [2.75, 3.05) is 26.2 Å². The van der Waals surface area contributed by atoms with Crippen molar-refractivity contribution >= 4 is 24.8 Å². The fourth-order valence-electron chi connectivity index (χ4n) is 2.25. The van der Waals surface area contributed by atoms with Crippen molar-refractivity contribution in [3.63, 3.8) is 0 Å². The molecule has 0 bridgehead atoms. The molecule has 5 heteroatoms. The van der Waals surface area contributed by atoms with Crippen molar-refractivity contribution in [2.45, 2.75) is 6.04 Å². The molecule has 1 heterocycles. The Labute approximate surface area is 127 Å². The first-order valence-corrected chi connectivity index (χ1v) is 5.92. The molecule has 2 rings (SSSR count). The van der Waals surface area contributed by atoms with Crippen LogP contribution >= 0.6 is 24.8 Å². The largest absolute Gasteiger partial charge is 0.314 e. The standard InChI is InChI=1S/C14H17N3.2ClH/c1-2-14(17-8-6-16-7-9-17)13-5-3-4-12(10-13)11-15;;/h2-5,10,14,16H,1,6-9H2;2*1H/t14-;;/m1../s1. The van der Waals surface area contributed by atoms with Gasteiger partial charge in [-0.15, -0.1) is 31.4 Å². The Bertz CT molecular complexity index is 437. The fourth-order valence-corrected chi connectivity index (χ4v) is 2.25. The van der Waals surface area contributed by atoms with Crippen LogP contribution in [0.2, 0.25) is 0 Å². The molecule has 1 saturated heterocycles. The molecule has 0 amide bonds. The highest BCUT2D eigenvalue weighted by Gasteiger charge is 2.19. The van der Waals surface area contributed by atoms with Crippen molar-refractivity contribution in [3.05, 3.63) is 48.0 Å². The molecule has 1 fully saturated rings. The minimum Gasteiger partial charge on any atom is -0.314 e. The van der Waals surface area contributed by atoms with E-state index >= 15 is 0 Å². The second kappa shape index (κ2) is 8.95. The van der Waals surface area contributed by atoms with Crippen molar-refractivity contribution in [2.24, 2.45) is 0 Å². The van der Waals surface area contributed by atoms with Gasteiger partial charge in [0.25, 0.3) is 0 Å². The van der Waals surface area contributed by atoms with Gasteiger partial charge in [0.1, 0.15) is 0 Å². The summed E-state index contributed by atoms with van der Waals surface area (Å²) in [5.74, 6) is 0. The Morgan fingerprint density at radius 2 is 2.00 bits per heavy atom. The summed E-state index contributed by atoms with van der Waals surface area (Å²) in [5, 5.41) is 12.3. The molecular weight excluding hydrogens is 281 g/mol. The van der Waals surface area contributed by atoms with E-state index in [0.29, 0.717) is 5.56 Å². The molecular formula is C14H19Cl2N3. The summed E-state index contributed by atoms with van der Waals surface area (Å²) in [6.07, 6.45) is 1.96. The van der Waals surface area contributed by atoms with E-state index in [-0.39, 0.29) is 30.9 Å². The monoisotopic (exact) mass is 299 g/mol. The van der Waals surface area contributed by atoms with Gasteiger partial charge in [-0.25, -0.2) is 0 Å². The van der Waals surface area contributed by atoms with E-state index in [1.54, 1.807) is 0 Å². The van der Waals surface area contributed by atoms with Crippen LogP contribution in [0.1, 0.15) is 17.2 Å². The second-order valence-electron chi connectivity index (χ2n) is 4.20. The smallest absolute Gasteiger partial charge is 0.0991 e. The Morgan fingerprint density at radius 1 is 1.32 bits per heavy atom. The Kier molecular flexibility index (Phi) is 8.46. The SMILES string of the molecule is C=C[C@H](c1cccc(C#N)c1)N1CCNCC1.Cl.Cl. The first-order chi connectivity index (χ1) is 8.35. The number of nitriles is 1. The Hall–Kier alpha value is -1.05. The number of hydrogen-bond donors (Lipinski definition) is 1. The molecule has 3 nitrogen and oxygen atoms in total. The number of nitrogens with one attached hydrogen (secondary N) is 1. The zero-order valence-corrected chi connectivity index (χ0v) is 12.3. The lowest BCUT2D eigenvalue weighted by atomic mass is 10.0. The Morgan fingerprint density at radius 3 is 2.58 bits per heavy atom.